The molecule has 0 saturated heterocycles. The van der Waals surface area contributed by atoms with Crippen LogP contribution in [-0.2, 0) is 6.61 Å². The van der Waals surface area contributed by atoms with Crippen LogP contribution in [0.5, 0.6) is 5.75 Å². The monoisotopic (exact) mass is 420 g/mol. The highest BCUT2D eigenvalue weighted by molar-refractivity contribution is 6.40. The van der Waals surface area contributed by atoms with Gasteiger partial charge in [0.25, 0.3) is 5.89 Å². The lowest BCUT2D eigenvalue weighted by Crippen LogP contribution is -1.95. The van der Waals surface area contributed by atoms with Crippen LogP contribution < -0.4 is 4.74 Å². The zero-order valence-corrected chi connectivity index (χ0v) is 15.9. The van der Waals surface area contributed by atoms with Gasteiger partial charge in [-0.2, -0.15) is 0 Å². The molecule has 2 aromatic heterocycles. The quantitative estimate of drug-likeness (QED) is 0.366. The lowest BCUT2D eigenvalue weighted by atomic mass is 10.2. The van der Waals surface area contributed by atoms with Crippen LogP contribution in [-0.4, -0.2) is 10.2 Å². The van der Waals surface area contributed by atoms with Crippen molar-refractivity contribution in [3.8, 4) is 28.9 Å². The summed E-state index contributed by atoms with van der Waals surface area (Å²) in [5.41, 5.74) is 0.832. The summed E-state index contributed by atoms with van der Waals surface area (Å²) in [5, 5.41) is 9.15. The second kappa shape index (κ2) is 7.64. The highest BCUT2D eigenvalue weighted by atomic mass is 35.5. The fourth-order valence-corrected chi connectivity index (χ4v) is 3.33. The zero-order valence-electron chi connectivity index (χ0n) is 13.7. The van der Waals surface area contributed by atoms with E-state index in [0.29, 0.717) is 38.2 Å². The van der Waals surface area contributed by atoms with Gasteiger partial charge in [-0.15, -0.1) is 10.2 Å². The lowest BCUT2D eigenvalue weighted by molar-refractivity contribution is 0.271. The summed E-state index contributed by atoms with van der Waals surface area (Å²) in [5.74, 6) is 2.02. The molecule has 0 N–H and O–H groups in total. The Bertz CT molecular complexity index is 1050. The Kier molecular flexibility index (Phi) is 5.07. The van der Waals surface area contributed by atoms with Gasteiger partial charge in [-0.1, -0.05) is 53.0 Å². The molecule has 8 heteroatoms. The molecule has 4 rings (SSSR count). The average Bonchev–Trinajstić information content (AvgIpc) is 3.31. The Morgan fingerprint density at radius 2 is 1.52 bits per heavy atom. The average molecular weight is 422 g/mol. The van der Waals surface area contributed by atoms with Gasteiger partial charge in [0.2, 0.25) is 5.89 Å². The van der Waals surface area contributed by atoms with Gasteiger partial charge >= 0.3 is 0 Å². The minimum atomic E-state index is 0.126. The normalized spacial score (nSPS) is 10.9. The molecule has 4 aromatic rings. The minimum Gasteiger partial charge on any atom is -0.483 e. The number of furan rings is 1. The fraction of sp³-hybridized carbons (Fsp3) is 0.0526. The smallest absolute Gasteiger partial charge is 0.283 e. The van der Waals surface area contributed by atoms with Crippen molar-refractivity contribution in [2.45, 2.75) is 6.61 Å². The molecule has 27 heavy (non-hydrogen) atoms. The number of nitrogens with zero attached hydrogens (tertiary/aromatic N) is 2. The van der Waals surface area contributed by atoms with Crippen LogP contribution >= 0.6 is 34.8 Å². The standard InChI is InChI=1S/C19H11Cl3N2O3/c20-12-8-14(21)17(15(22)9-12)25-10-13-6-7-16(26-13)19-24-23-18(27-19)11-4-2-1-3-5-11/h1-9H,10H2. The summed E-state index contributed by atoms with van der Waals surface area (Å²) in [6, 6.07) is 16.1. The van der Waals surface area contributed by atoms with Crippen LogP contribution in [0.15, 0.2) is 63.4 Å². The first-order valence-corrected chi connectivity index (χ1v) is 8.99. The molecule has 0 spiro atoms. The Labute approximate surface area is 169 Å². The maximum absolute atomic E-state index is 6.11. The van der Waals surface area contributed by atoms with Crippen molar-refractivity contribution < 1.29 is 13.6 Å². The van der Waals surface area contributed by atoms with E-state index in [1.165, 1.54) is 0 Å². The Balaban J connectivity index is 1.49. The number of hydrogen-bond acceptors (Lipinski definition) is 5. The lowest BCUT2D eigenvalue weighted by Gasteiger charge is -2.08. The molecule has 0 aliphatic carbocycles. The van der Waals surface area contributed by atoms with Gasteiger partial charge in [0.05, 0.1) is 10.0 Å². The molecule has 2 heterocycles. The largest absolute Gasteiger partial charge is 0.483 e. The van der Waals surface area contributed by atoms with Crippen molar-refractivity contribution in [1.82, 2.24) is 10.2 Å². The maximum atomic E-state index is 6.11. The summed E-state index contributed by atoms with van der Waals surface area (Å²) in [4.78, 5) is 0. The van der Waals surface area contributed by atoms with Gasteiger partial charge < -0.3 is 13.6 Å². The third-order valence-electron chi connectivity index (χ3n) is 3.64. The predicted molar refractivity (Wildman–Crippen MR) is 103 cm³/mol. The van der Waals surface area contributed by atoms with Gasteiger partial charge in [-0.05, 0) is 36.4 Å². The molecule has 5 nitrogen and oxygen atoms in total. The first kappa shape index (κ1) is 17.9. The molecule has 0 fully saturated rings. The molecule has 0 aliphatic rings. The molecule has 0 aliphatic heterocycles. The van der Waals surface area contributed by atoms with Crippen LogP contribution in [0.2, 0.25) is 15.1 Å². The number of aromatic nitrogens is 2. The van der Waals surface area contributed by atoms with Crippen molar-refractivity contribution in [3.63, 3.8) is 0 Å². The second-order valence-electron chi connectivity index (χ2n) is 5.53. The van der Waals surface area contributed by atoms with Crippen molar-refractivity contribution >= 4 is 34.8 Å². The highest BCUT2D eigenvalue weighted by Gasteiger charge is 2.15. The summed E-state index contributed by atoms with van der Waals surface area (Å²) in [6.45, 7) is 0.126. The van der Waals surface area contributed by atoms with Crippen molar-refractivity contribution in [2.24, 2.45) is 0 Å². The van der Waals surface area contributed by atoms with E-state index in [4.69, 9.17) is 48.4 Å². The number of halogens is 3. The summed E-state index contributed by atoms with van der Waals surface area (Å²) in [6.07, 6.45) is 0. The van der Waals surface area contributed by atoms with Crippen molar-refractivity contribution in [1.29, 1.82) is 0 Å². The Morgan fingerprint density at radius 3 is 2.26 bits per heavy atom. The van der Waals surface area contributed by atoms with Gasteiger partial charge in [0.15, 0.2) is 11.5 Å². The molecule has 136 valence electrons. The highest BCUT2D eigenvalue weighted by Crippen LogP contribution is 2.36. The van der Waals surface area contributed by atoms with E-state index in [1.54, 1.807) is 24.3 Å². The number of rotatable bonds is 5. The van der Waals surface area contributed by atoms with Gasteiger partial charge in [-0.25, -0.2) is 0 Å². The molecule has 0 radical (unpaired) electrons. The van der Waals surface area contributed by atoms with E-state index in [1.807, 2.05) is 30.3 Å². The van der Waals surface area contributed by atoms with E-state index in [-0.39, 0.29) is 12.5 Å². The SMILES string of the molecule is Clc1cc(Cl)c(OCc2ccc(-c3nnc(-c4ccccc4)o3)o2)c(Cl)c1. The Hall–Kier alpha value is -2.47. The molecular weight excluding hydrogens is 411 g/mol. The third kappa shape index (κ3) is 3.95. The molecule has 2 aromatic carbocycles. The summed E-state index contributed by atoms with van der Waals surface area (Å²) < 4.78 is 17.0. The molecule has 0 saturated carbocycles. The third-order valence-corrected chi connectivity index (χ3v) is 4.42. The first-order valence-electron chi connectivity index (χ1n) is 7.85. The van der Waals surface area contributed by atoms with Crippen LogP contribution in [0.4, 0.5) is 0 Å². The summed E-state index contributed by atoms with van der Waals surface area (Å²) >= 11 is 18.1. The van der Waals surface area contributed by atoms with Crippen LogP contribution in [0.1, 0.15) is 5.76 Å². The van der Waals surface area contributed by atoms with Crippen LogP contribution in [0.3, 0.4) is 0 Å². The van der Waals surface area contributed by atoms with Gasteiger partial charge in [0.1, 0.15) is 12.4 Å². The second-order valence-corrected chi connectivity index (χ2v) is 6.78. The van der Waals surface area contributed by atoms with Crippen LogP contribution in [0.25, 0.3) is 23.1 Å². The fourth-order valence-electron chi connectivity index (χ4n) is 2.40. The maximum Gasteiger partial charge on any atom is 0.283 e. The van der Waals surface area contributed by atoms with E-state index in [2.05, 4.69) is 10.2 Å². The van der Waals surface area contributed by atoms with E-state index in [0.717, 1.165) is 5.56 Å². The molecule has 0 unspecified atom stereocenters. The molecule has 0 bridgehead atoms. The van der Waals surface area contributed by atoms with Crippen molar-refractivity contribution in [3.05, 3.63) is 75.4 Å². The van der Waals surface area contributed by atoms with Crippen LogP contribution in [0, 0.1) is 0 Å². The van der Waals surface area contributed by atoms with E-state index < -0.39 is 0 Å². The number of benzene rings is 2. The van der Waals surface area contributed by atoms with Gasteiger partial charge in [-0.3, -0.25) is 0 Å². The molecular formula is C19H11Cl3N2O3. The summed E-state index contributed by atoms with van der Waals surface area (Å²) in [7, 11) is 0. The molecule has 0 atom stereocenters. The minimum absolute atomic E-state index is 0.126. The predicted octanol–water partition coefficient (Wildman–Crippen LogP) is 6.54. The topological polar surface area (TPSA) is 61.3 Å². The van der Waals surface area contributed by atoms with E-state index >= 15 is 0 Å². The number of ether oxygens (including phenoxy) is 1. The Morgan fingerprint density at radius 1 is 0.815 bits per heavy atom. The molecule has 0 amide bonds. The van der Waals surface area contributed by atoms with Gasteiger partial charge in [0, 0.05) is 10.6 Å². The number of hydrogen-bond donors (Lipinski definition) is 0. The first-order chi connectivity index (χ1) is 13.1. The van der Waals surface area contributed by atoms with E-state index in [9.17, 15) is 0 Å². The zero-order chi connectivity index (χ0) is 18.8. The van der Waals surface area contributed by atoms with Crippen molar-refractivity contribution in [2.75, 3.05) is 0 Å².